The number of carbonyl (C=O) groups excluding carboxylic acids is 1. The van der Waals surface area contributed by atoms with Crippen molar-refractivity contribution >= 4 is 40.6 Å². The zero-order chi connectivity index (χ0) is 20.8. The zero-order valence-electron chi connectivity index (χ0n) is 15.8. The summed E-state index contributed by atoms with van der Waals surface area (Å²) in [7, 11) is 0. The molecule has 1 aliphatic heterocycles. The lowest BCUT2D eigenvalue weighted by molar-refractivity contribution is -0.384. The fourth-order valence-electron chi connectivity index (χ4n) is 2.88. The number of nitro groups is 1. The van der Waals surface area contributed by atoms with E-state index in [1.165, 1.54) is 30.0 Å². The third-order valence-corrected chi connectivity index (χ3v) is 5.62. The lowest BCUT2D eigenvalue weighted by Gasteiger charge is -2.26. The minimum Gasteiger partial charge on any atom is -0.379 e. The van der Waals surface area contributed by atoms with E-state index in [1.807, 2.05) is 11.5 Å². The quantitative estimate of drug-likeness (QED) is 0.378. The number of anilines is 1. The van der Waals surface area contributed by atoms with Crippen LogP contribution >= 0.6 is 23.4 Å². The number of ether oxygens (including phenoxy) is 1. The Morgan fingerprint density at radius 1 is 1.38 bits per heavy atom. The third kappa shape index (κ3) is 5.66. The molecule has 0 aliphatic carbocycles. The van der Waals surface area contributed by atoms with E-state index in [-0.39, 0.29) is 22.4 Å². The van der Waals surface area contributed by atoms with Gasteiger partial charge in [0.05, 0.1) is 30.4 Å². The molecule has 0 spiro atoms. The van der Waals surface area contributed by atoms with Gasteiger partial charge in [0.2, 0.25) is 5.91 Å². The zero-order valence-corrected chi connectivity index (χ0v) is 17.4. The number of nitrogens with zero attached hydrogens (tertiary/aromatic N) is 5. The molecule has 0 unspecified atom stereocenters. The van der Waals surface area contributed by atoms with E-state index in [1.54, 1.807) is 0 Å². The molecule has 1 aromatic heterocycles. The predicted molar refractivity (Wildman–Crippen MR) is 109 cm³/mol. The molecule has 2 heterocycles. The normalized spacial score (nSPS) is 14.7. The number of nitrogens with one attached hydrogen (secondary N) is 1. The van der Waals surface area contributed by atoms with Crippen LogP contribution in [0.15, 0.2) is 23.4 Å². The molecule has 0 radical (unpaired) electrons. The highest BCUT2D eigenvalue weighted by Crippen LogP contribution is 2.27. The molecular weight excluding hydrogens is 420 g/mol. The summed E-state index contributed by atoms with van der Waals surface area (Å²) in [6.45, 7) is 6.52. The van der Waals surface area contributed by atoms with E-state index in [9.17, 15) is 14.9 Å². The Balaban J connectivity index is 1.58. The average Bonchev–Trinajstić information content (AvgIpc) is 3.10. The SMILES string of the molecule is CCn1c(CN2CCOCC2)nnc1SCC(=O)Nc1ccc(Cl)c([N+](=O)[O-])c1. The van der Waals surface area contributed by atoms with Gasteiger partial charge in [0, 0.05) is 31.4 Å². The number of amides is 1. The summed E-state index contributed by atoms with van der Waals surface area (Å²) >= 11 is 7.06. The van der Waals surface area contributed by atoms with Crippen molar-refractivity contribution in [2.24, 2.45) is 0 Å². The molecule has 10 nitrogen and oxygen atoms in total. The van der Waals surface area contributed by atoms with E-state index in [0.717, 1.165) is 18.9 Å². The van der Waals surface area contributed by atoms with Gasteiger partial charge in [0.25, 0.3) is 5.69 Å². The number of nitro benzene ring substituents is 1. The molecule has 1 fully saturated rings. The Kier molecular flexibility index (Phi) is 7.42. The first-order chi connectivity index (χ1) is 14.0. The monoisotopic (exact) mass is 440 g/mol. The molecule has 1 amide bonds. The Labute approximate surface area is 176 Å². The molecule has 0 atom stereocenters. The summed E-state index contributed by atoms with van der Waals surface area (Å²) in [6.07, 6.45) is 0. The molecule has 156 valence electrons. The number of thioether (sulfide) groups is 1. The van der Waals surface area contributed by atoms with Gasteiger partial charge in [-0.2, -0.15) is 0 Å². The molecule has 1 aliphatic rings. The molecular formula is C17H21ClN6O4S. The second-order valence-corrected chi connectivity index (χ2v) is 7.64. The minimum atomic E-state index is -0.591. The highest BCUT2D eigenvalue weighted by molar-refractivity contribution is 7.99. The summed E-state index contributed by atoms with van der Waals surface area (Å²) in [4.78, 5) is 24.9. The van der Waals surface area contributed by atoms with E-state index in [4.69, 9.17) is 16.3 Å². The third-order valence-electron chi connectivity index (χ3n) is 4.34. The van der Waals surface area contributed by atoms with Gasteiger partial charge in [-0.05, 0) is 19.1 Å². The van der Waals surface area contributed by atoms with Crippen LogP contribution in [0.25, 0.3) is 0 Å². The Morgan fingerprint density at radius 2 is 2.14 bits per heavy atom. The van der Waals surface area contributed by atoms with Crippen molar-refractivity contribution in [1.82, 2.24) is 19.7 Å². The van der Waals surface area contributed by atoms with Crippen molar-refractivity contribution in [2.75, 3.05) is 37.4 Å². The average molecular weight is 441 g/mol. The van der Waals surface area contributed by atoms with Crippen LogP contribution in [-0.4, -0.2) is 62.6 Å². The standard InChI is InChI=1S/C17H21ClN6O4S/c1-2-23-15(10-22-5-7-28-8-6-22)20-21-17(23)29-11-16(25)19-12-3-4-13(18)14(9-12)24(26)27/h3-4,9H,2,5-8,10-11H2,1H3,(H,19,25). The first kappa shape index (κ1) is 21.5. The molecule has 1 saturated heterocycles. The van der Waals surface area contributed by atoms with Crippen molar-refractivity contribution in [1.29, 1.82) is 0 Å². The number of aromatic nitrogens is 3. The Hall–Kier alpha value is -2.21. The molecule has 0 saturated carbocycles. The molecule has 1 aromatic carbocycles. The number of hydrogen-bond acceptors (Lipinski definition) is 8. The maximum Gasteiger partial charge on any atom is 0.289 e. The summed E-state index contributed by atoms with van der Waals surface area (Å²) in [5.41, 5.74) is 0.0623. The first-order valence-electron chi connectivity index (χ1n) is 9.06. The van der Waals surface area contributed by atoms with Crippen molar-refractivity contribution < 1.29 is 14.5 Å². The number of halogens is 1. The summed E-state index contributed by atoms with van der Waals surface area (Å²) in [5.74, 6) is 0.657. The molecule has 29 heavy (non-hydrogen) atoms. The molecule has 0 bridgehead atoms. The topological polar surface area (TPSA) is 115 Å². The van der Waals surface area contributed by atoms with Crippen LogP contribution in [0.5, 0.6) is 0 Å². The van der Waals surface area contributed by atoms with Gasteiger partial charge in [-0.3, -0.25) is 19.8 Å². The van der Waals surface area contributed by atoms with Gasteiger partial charge >= 0.3 is 0 Å². The number of benzene rings is 1. The van der Waals surface area contributed by atoms with Crippen molar-refractivity contribution in [3.05, 3.63) is 39.2 Å². The largest absolute Gasteiger partial charge is 0.379 e. The smallest absolute Gasteiger partial charge is 0.289 e. The summed E-state index contributed by atoms with van der Waals surface area (Å²) in [6, 6.07) is 4.14. The summed E-state index contributed by atoms with van der Waals surface area (Å²) < 4.78 is 7.35. The van der Waals surface area contributed by atoms with Gasteiger partial charge in [0.15, 0.2) is 5.16 Å². The van der Waals surface area contributed by atoms with E-state index in [0.29, 0.717) is 37.1 Å². The number of carbonyl (C=O) groups is 1. The fraction of sp³-hybridized carbons (Fsp3) is 0.471. The van der Waals surface area contributed by atoms with Gasteiger partial charge < -0.3 is 14.6 Å². The molecule has 1 N–H and O–H groups in total. The number of rotatable bonds is 8. The summed E-state index contributed by atoms with van der Waals surface area (Å²) in [5, 5.41) is 22.8. The highest BCUT2D eigenvalue weighted by atomic mass is 35.5. The van der Waals surface area contributed by atoms with E-state index < -0.39 is 4.92 Å². The van der Waals surface area contributed by atoms with E-state index in [2.05, 4.69) is 20.4 Å². The van der Waals surface area contributed by atoms with Crippen LogP contribution in [0.4, 0.5) is 11.4 Å². The van der Waals surface area contributed by atoms with Crippen LogP contribution in [-0.2, 0) is 22.6 Å². The van der Waals surface area contributed by atoms with Crippen LogP contribution in [0, 0.1) is 10.1 Å². The van der Waals surface area contributed by atoms with Gasteiger partial charge in [-0.15, -0.1) is 10.2 Å². The van der Waals surface area contributed by atoms with Gasteiger partial charge in [-0.1, -0.05) is 23.4 Å². The predicted octanol–water partition coefficient (Wildman–Crippen LogP) is 2.42. The van der Waals surface area contributed by atoms with Crippen molar-refractivity contribution in [3.8, 4) is 0 Å². The highest BCUT2D eigenvalue weighted by Gasteiger charge is 2.18. The molecule has 2 aromatic rings. The second-order valence-electron chi connectivity index (χ2n) is 6.29. The lowest BCUT2D eigenvalue weighted by atomic mass is 10.3. The van der Waals surface area contributed by atoms with Gasteiger partial charge in [0.1, 0.15) is 10.8 Å². The minimum absolute atomic E-state index is 0.0196. The Morgan fingerprint density at radius 3 is 2.83 bits per heavy atom. The van der Waals surface area contributed by atoms with Crippen LogP contribution in [0.1, 0.15) is 12.7 Å². The lowest BCUT2D eigenvalue weighted by Crippen LogP contribution is -2.36. The first-order valence-corrected chi connectivity index (χ1v) is 10.4. The van der Waals surface area contributed by atoms with Crippen LogP contribution < -0.4 is 5.32 Å². The van der Waals surface area contributed by atoms with Gasteiger partial charge in [-0.25, -0.2) is 0 Å². The maximum atomic E-state index is 12.3. The fourth-order valence-corrected chi connectivity index (χ4v) is 3.88. The number of morpholine rings is 1. The Bertz CT molecular complexity index is 887. The maximum absolute atomic E-state index is 12.3. The van der Waals surface area contributed by atoms with Crippen LogP contribution in [0.2, 0.25) is 5.02 Å². The van der Waals surface area contributed by atoms with Crippen LogP contribution in [0.3, 0.4) is 0 Å². The van der Waals surface area contributed by atoms with E-state index >= 15 is 0 Å². The second kappa shape index (κ2) is 10.0. The van der Waals surface area contributed by atoms with Crippen molar-refractivity contribution in [2.45, 2.75) is 25.2 Å². The molecule has 12 heteroatoms. The molecule has 3 rings (SSSR count). The van der Waals surface area contributed by atoms with Crippen molar-refractivity contribution in [3.63, 3.8) is 0 Å². The number of hydrogen-bond donors (Lipinski definition) is 1.